The van der Waals surface area contributed by atoms with E-state index < -0.39 is 0 Å². The van der Waals surface area contributed by atoms with Crippen LogP contribution >= 0.6 is 0 Å². The van der Waals surface area contributed by atoms with E-state index in [1.165, 1.54) is 12.5 Å². The summed E-state index contributed by atoms with van der Waals surface area (Å²) in [5.74, 6) is 1.29. The lowest BCUT2D eigenvalue weighted by atomic mass is 10.1. The molecule has 0 spiro atoms. The second-order valence-corrected chi connectivity index (χ2v) is 6.74. The molecule has 3 heterocycles. The highest BCUT2D eigenvalue weighted by Crippen LogP contribution is 2.25. The number of H-pyrrole nitrogens is 1. The third-order valence-electron chi connectivity index (χ3n) is 4.71. The highest BCUT2D eigenvalue weighted by atomic mass is 16.2. The molecule has 2 aromatic rings. The van der Waals surface area contributed by atoms with Gasteiger partial charge >= 0.3 is 0 Å². The number of aryl methyl sites for hydroxylation is 1. The number of amides is 2. The van der Waals surface area contributed by atoms with E-state index in [4.69, 9.17) is 0 Å². The zero-order valence-corrected chi connectivity index (χ0v) is 15.1. The Morgan fingerprint density at radius 2 is 2.15 bits per heavy atom. The molecule has 2 N–H and O–H groups in total. The first-order valence-electron chi connectivity index (χ1n) is 9.06. The number of nitrogens with zero attached hydrogens (tertiary/aromatic N) is 3. The summed E-state index contributed by atoms with van der Waals surface area (Å²) in [6.07, 6.45) is 8.56. The van der Waals surface area contributed by atoms with E-state index in [1.807, 2.05) is 17.0 Å². The van der Waals surface area contributed by atoms with Crippen LogP contribution in [0, 0.1) is 0 Å². The van der Waals surface area contributed by atoms with Crippen LogP contribution in [0.15, 0.2) is 30.7 Å². The second kappa shape index (κ2) is 8.60. The maximum Gasteiger partial charge on any atom is 0.222 e. The van der Waals surface area contributed by atoms with Gasteiger partial charge in [0.25, 0.3) is 0 Å². The molecule has 0 unspecified atom stereocenters. The number of rotatable bonds is 7. The molecule has 1 saturated heterocycles. The number of aromatic amines is 1. The Labute approximate surface area is 153 Å². The predicted molar refractivity (Wildman–Crippen MR) is 97.2 cm³/mol. The van der Waals surface area contributed by atoms with Crippen LogP contribution in [0.5, 0.6) is 0 Å². The van der Waals surface area contributed by atoms with Crippen LogP contribution in [-0.4, -0.2) is 44.8 Å². The van der Waals surface area contributed by atoms with Gasteiger partial charge in [-0.15, -0.1) is 0 Å². The van der Waals surface area contributed by atoms with Gasteiger partial charge in [0.1, 0.15) is 5.82 Å². The molecular formula is C19H25N5O2. The Bertz CT molecular complexity index is 743. The monoisotopic (exact) mass is 355 g/mol. The van der Waals surface area contributed by atoms with E-state index in [0.717, 1.165) is 37.3 Å². The molecule has 0 saturated carbocycles. The van der Waals surface area contributed by atoms with E-state index in [-0.39, 0.29) is 17.7 Å². The highest BCUT2D eigenvalue weighted by Gasteiger charge is 2.28. The molecule has 3 rings (SSSR count). The van der Waals surface area contributed by atoms with Crippen molar-refractivity contribution >= 4 is 11.8 Å². The van der Waals surface area contributed by atoms with Crippen LogP contribution < -0.4 is 5.32 Å². The maximum atomic E-state index is 12.4. The van der Waals surface area contributed by atoms with E-state index in [9.17, 15) is 9.59 Å². The molecule has 0 radical (unpaired) electrons. The molecule has 1 atom stereocenters. The van der Waals surface area contributed by atoms with E-state index in [2.05, 4.69) is 20.3 Å². The zero-order chi connectivity index (χ0) is 18.4. The van der Waals surface area contributed by atoms with E-state index in [0.29, 0.717) is 19.5 Å². The molecule has 2 amide bonds. The van der Waals surface area contributed by atoms with Crippen molar-refractivity contribution in [2.24, 2.45) is 0 Å². The molecule has 7 nitrogen and oxygen atoms in total. The SMILES string of the molecule is CC(=O)NCc1cnc([C@@H]2CCN(C(=O)CCCc3ccncc3)C2)[nH]1. The summed E-state index contributed by atoms with van der Waals surface area (Å²) < 4.78 is 0. The minimum absolute atomic E-state index is 0.0643. The molecule has 26 heavy (non-hydrogen) atoms. The van der Waals surface area contributed by atoms with Crippen LogP contribution in [0.2, 0.25) is 0 Å². The first-order chi connectivity index (χ1) is 12.6. The summed E-state index contributed by atoms with van der Waals surface area (Å²) in [5, 5.41) is 2.75. The lowest BCUT2D eigenvalue weighted by molar-refractivity contribution is -0.130. The molecule has 1 fully saturated rings. The quantitative estimate of drug-likeness (QED) is 0.792. The number of pyridine rings is 1. The minimum atomic E-state index is -0.0643. The van der Waals surface area contributed by atoms with Gasteiger partial charge in [0.05, 0.1) is 18.4 Å². The maximum absolute atomic E-state index is 12.4. The van der Waals surface area contributed by atoms with Crippen molar-refractivity contribution in [3.05, 3.63) is 47.8 Å². The smallest absolute Gasteiger partial charge is 0.222 e. The lowest BCUT2D eigenvalue weighted by Crippen LogP contribution is -2.28. The van der Waals surface area contributed by atoms with Crippen molar-refractivity contribution in [2.45, 2.75) is 45.1 Å². The summed E-state index contributed by atoms with van der Waals surface area (Å²) in [7, 11) is 0. The summed E-state index contributed by atoms with van der Waals surface area (Å²) >= 11 is 0. The second-order valence-electron chi connectivity index (χ2n) is 6.74. The van der Waals surface area contributed by atoms with Crippen molar-refractivity contribution in [2.75, 3.05) is 13.1 Å². The van der Waals surface area contributed by atoms with Crippen LogP contribution in [0.4, 0.5) is 0 Å². The van der Waals surface area contributed by atoms with Crippen LogP contribution in [0.3, 0.4) is 0 Å². The van der Waals surface area contributed by atoms with Gasteiger partial charge < -0.3 is 15.2 Å². The first kappa shape index (κ1) is 18.1. The number of hydrogen-bond donors (Lipinski definition) is 2. The van der Waals surface area contributed by atoms with Crippen molar-refractivity contribution in [3.63, 3.8) is 0 Å². The molecule has 0 bridgehead atoms. The molecular weight excluding hydrogens is 330 g/mol. The van der Waals surface area contributed by atoms with Gasteiger partial charge in [0, 0.05) is 44.7 Å². The third kappa shape index (κ3) is 4.91. The Morgan fingerprint density at radius 1 is 1.35 bits per heavy atom. The fourth-order valence-electron chi connectivity index (χ4n) is 3.25. The predicted octanol–water partition coefficient (Wildman–Crippen LogP) is 1.78. The number of nitrogens with one attached hydrogen (secondary N) is 2. The van der Waals surface area contributed by atoms with Gasteiger partial charge in [-0.05, 0) is 37.0 Å². The number of carbonyl (C=O) groups is 2. The molecule has 0 aliphatic carbocycles. The Kier molecular flexibility index (Phi) is 5.99. The number of imidazole rings is 1. The van der Waals surface area contributed by atoms with Crippen molar-refractivity contribution < 1.29 is 9.59 Å². The van der Waals surface area contributed by atoms with Crippen molar-refractivity contribution in [1.82, 2.24) is 25.2 Å². The molecule has 138 valence electrons. The standard InChI is InChI=1S/C19H25N5O2/c1-14(25)21-11-17-12-22-19(23-17)16-7-10-24(13-16)18(26)4-2-3-15-5-8-20-9-6-15/h5-6,8-9,12,16H,2-4,7,10-11,13H2,1H3,(H,21,25)(H,22,23)/t16-/m1/s1. The van der Waals surface area contributed by atoms with Crippen LogP contribution in [0.25, 0.3) is 0 Å². The molecule has 2 aromatic heterocycles. The van der Waals surface area contributed by atoms with Crippen LogP contribution in [-0.2, 0) is 22.6 Å². The average molecular weight is 355 g/mol. The molecule has 0 aromatic carbocycles. The van der Waals surface area contributed by atoms with E-state index >= 15 is 0 Å². The van der Waals surface area contributed by atoms with Gasteiger partial charge in [0.15, 0.2) is 0 Å². The molecule has 1 aliphatic heterocycles. The number of carbonyl (C=O) groups excluding carboxylic acids is 2. The molecule has 1 aliphatic rings. The fraction of sp³-hybridized carbons (Fsp3) is 0.474. The number of likely N-dealkylation sites (tertiary alicyclic amines) is 1. The van der Waals surface area contributed by atoms with Gasteiger partial charge in [-0.3, -0.25) is 14.6 Å². The summed E-state index contributed by atoms with van der Waals surface area (Å²) in [6.45, 7) is 3.43. The number of aromatic nitrogens is 3. The van der Waals surface area contributed by atoms with Gasteiger partial charge in [-0.1, -0.05) is 0 Å². The summed E-state index contributed by atoms with van der Waals surface area (Å²) in [5.41, 5.74) is 2.10. The largest absolute Gasteiger partial charge is 0.351 e. The Balaban J connectivity index is 1.44. The summed E-state index contributed by atoms with van der Waals surface area (Å²) in [4.78, 5) is 37.0. The highest BCUT2D eigenvalue weighted by molar-refractivity contribution is 5.76. The normalized spacial score (nSPS) is 16.7. The van der Waals surface area contributed by atoms with Crippen molar-refractivity contribution in [3.8, 4) is 0 Å². The van der Waals surface area contributed by atoms with Crippen molar-refractivity contribution in [1.29, 1.82) is 0 Å². The molecule has 7 heteroatoms. The van der Waals surface area contributed by atoms with Gasteiger partial charge in [0.2, 0.25) is 11.8 Å². The number of hydrogen-bond acceptors (Lipinski definition) is 4. The average Bonchev–Trinajstić information content (AvgIpc) is 3.30. The lowest BCUT2D eigenvalue weighted by Gasteiger charge is -2.16. The zero-order valence-electron chi connectivity index (χ0n) is 15.1. The summed E-state index contributed by atoms with van der Waals surface area (Å²) in [6, 6.07) is 3.98. The van der Waals surface area contributed by atoms with E-state index in [1.54, 1.807) is 18.6 Å². The first-order valence-corrected chi connectivity index (χ1v) is 9.06. The Hall–Kier alpha value is -2.70. The van der Waals surface area contributed by atoms with Gasteiger partial charge in [-0.25, -0.2) is 4.98 Å². The Morgan fingerprint density at radius 3 is 2.92 bits per heavy atom. The topological polar surface area (TPSA) is 91.0 Å². The van der Waals surface area contributed by atoms with Gasteiger partial charge in [-0.2, -0.15) is 0 Å². The minimum Gasteiger partial charge on any atom is -0.351 e. The van der Waals surface area contributed by atoms with Crippen LogP contribution in [0.1, 0.15) is 49.2 Å². The fourth-order valence-corrected chi connectivity index (χ4v) is 3.25. The third-order valence-corrected chi connectivity index (χ3v) is 4.71.